The highest BCUT2D eigenvalue weighted by molar-refractivity contribution is 6.10. The topological polar surface area (TPSA) is 101 Å². The van der Waals surface area contributed by atoms with Crippen LogP contribution in [0.3, 0.4) is 0 Å². The molecule has 168 valence electrons. The second-order valence-corrected chi connectivity index (χ2v) is 8.64. The third-order valence-electron chi connectivity index (χ3n) is 6.12. The lowest BCUT2D eigenvalue weighted by molar-refractivity contribution is 0.0940. The van der Waals surface area contributed by atoms with E-state index in [9.17, 15) is 4.79 Å². The van der Waals surface area contributed by atoms with Gasteiger partial charge < -0.3 is 16.0 Å². The highest BCUT2D eigenvalue weighted by atomic mass is 16.1. The van der Waals surface area contributed by atoms with Crippen LogP contribution >= 0.6 is 0 Å². The molecule has 5 rings (SSSR count). The number of nitrogen functional groups attached to an aromatic ring is 1. The quantitative estimate of drug-likeness (QED) is 0.459. The second kappa shape index (κ2) is 8.54. The molecular formula is C25H27N7O. The van der Waals surface area contributed by atoms with E-state index in [2.05, 4.69) is 10.4 Å². The van der Waals surface area contributed by atoms with Gasteiger partial charge in [-0.2, -0.15) is 9.78 Å². The van der Waals surface area contributed by atoms with E-state index in [1.165, 1.54) is 4.68 Å². The maximum atomic E-state index is 13.2. The summed E-state index contributed by atoms with van der Waals surface area (Å²) in [4.78, 5) is 24.7. The number of benzene rings is 2. The molecule has 33 heavy (non-hydrogen) atoms. The van der Waals surface area contributed by atoms with Gasteiger partial charge in [0.1, 0.15) is 16.9 Å². The van der Waals surface area contributed by atoms with Gasteiger partial charge in [0.05, 0.1) is 17.2 Å². The van der Waals surface area contributed by atoms with Crippen molar-refractivity contribution in [1.82, 2.24) is 20.0 Å². The molecule has 8 heteroatoms. The summed E-state index contributed by atoms with van der Waals surface area (Å²) in [7, 11) is 3.99. The summed E-state index contributed by atoms with van der Waals surface area (Å²) in [6.45, 7) is 0. The van der Waals surface area contributed by atoms with Gasteiger partial charge >= 0.3 is 0 Å². The lowest BCUT2D eigenvalue weighted by atomic mass is 10.2. The number of hydrogen-bond acceptors (Lipinski definition) is 6. The normalized spacial score (nSPS) is 14.5. The van der Waals surface area contributed by atoms with E-state index < -0.39 is 0 Å². The first-order valence-electron chi connectivity index (χ1n) is 11.2. The Hall–Kier alpha value is -3.94. The fourth-order valence-corrected chi connectivity index (χ4v) is 4.30. The molecule has 1 fully saturated rings. The van der Waals surface area contributed by atoms with Crippen molar-refractivity contribution in [2.45, 2.75) is 31.7 Å². The van der Waals surface area contributed by atoms with Crippen LogP contribution in [0.1, 0.15) is 41.6 Å². The highest BCUT2D eigenvalue weighted by Crippen LogP contribution is 2.28. The van der Waals surface area contributed by atoms with Gasteiger partial charge in [-0.05, 0) is 42.7 Å². The van der Waals surface area contributed by atoms with Crippen LogP contribution in [-0.2, 0) is 0 Å². The van der Waals surface area contributed by atoms with Gasteiger partial charge in [-0.3, -0.25) is 4.79 Å². The number of aromatic nitrogens is 3. The van der Waals surface area contributed by atoms with Gasteiger partial charge in [0.15, 0.2) is 5.65 Å². The fraction of sp³-hybridized carbons (Fsp3) is 0.280. The third kappa shape index (κ3) is 4.00. The maximum Gasteiger partial charge on any atom is 0.257 e. The lowest BCUT2D eigenvalue weighted by Crippen LogP contribution is -2.33. The molecule has 0 spiro atoms. The van der Waals surface area contributed by atoms with Crippen LogP contribution in [0.4, 0.5) is 11.5 Å². The number of amides is 1. The van der Waals surface area contributed by atoms with E-state index >= 15 is 0 Å². The van der Waals surface area contributed by atoms with Gasteiger partial charge in [-0.15, -0.1) is 0 Å². The van der Waals surface area contributed by atoms with E-state index in [4.69, 9.17) is 15.7 Å². The molecule has 0 atom stereocenters. The molecule has 0 aliphatic heterocycles. The van der Waals surface area contributed by atoms with E-state index in [0.717, 1.165) is 42.5 Å². The molecule has 1 amide bonds. The Labute approximate surface area is 192 Å². The minimum absolute atomic E-state index is 0.169. The van der Waals surface area contributed by atoms with Crippen molar-refractivity contribution in [3.63, 3.8) is 0 Å². The molecule has 3 N–H and O–H groups in total. The van der Waals surface area contributed by atoms with E-state index in [-0.39, 0.29) is 17.8 Å². The van der Waals surface area contributed by atoms with Crippen molar-refractivity contribution in [3.8, 4) is 0 Å². The van der Waals surface area contributed by atoms with Crippen LogP contribution in [0.25, 0.3) is 22.2 Å². The first-order chi connectivity index (χ1) is 16.0. The summed E-state index contributed by atoms with van der Waals surface area (Å²) in [6.07, 6.45) is 5.94. The van der Waals surface area contributed by atoms with Crippen molar-refractivity contribution in [2.24, 2.45) is 5.10 Å². The first kappa shape index (κ1) is 20.9. The largest absolute Gasteiger partial charge is 0.383 e. The van der Waals surface area contributed by atoms with Crippen LogP contribution in [0.2, 0.25) is 0 Å². The SMILES string of the molecule is CN(C)c1ccc(/C=N\n2c(N)c(C(=O)NC3CCCC3)c3nc4ccccc4nc32)cc1. The minimum atomic E-state index is -0.224. The molecule has 0 radical (unpaired) electrons. The summed E-state index contributed by atoms with van der Waals surface area (Å²) in [5, 5.41) is 7.71. The van der Waals surface area contributed by atoms with Gasteiger partial charge in [-0.25, -0.2) is 9.97 Å². The zero-order chi connectivity index (χ0) is 22.9. The molecule has 2 aromatic heterocycles. The number of fused-ring (bicyclic) bond motifs is 2. The second-order valence-electron chi connectivity index (χ2n) is 8.64. The predicted octanol–water partition coefficient (Wildman–Crippen LogP) is 3.79. The summed E-state index contributed by atoms with van der Waals surface area (Å²) >= 11 is 0. The number of para-hydroxylation sites is 2. The highest BCUT2D eigenvalue weighted by Gasteiger charge is 2.26. The Morgan fingerprint density at radius 3 is 2.42 bits per heavy atom. The Balaban J connectivity index is 1.60. The van der Waals surface area contributed by atoms with Crippen molar-refractivity contribution in [1.29, 1.82) is 0 Å². The van der Waals surface area contributed by atoms with E-state index in [1.807, 2.05) is 67.5 Å². The van der Waals surface area contributed by atoms with Crippen molar-refractivity contribution >= 4 is 45.8 Å². The summed E-state index contributed by atoms with van der Waals surface area (Å²) in [5.41, 5.74) is 11.2. The minimum Gasteiger partial charge on any atom is -0.383 e. The number of nitrogens with zero attached hydrogens (tertiary/aromatic N) is 5. The summed E-state index contributed by atoms with van der Waals surface area (Å²) in [6, 6.07) is 15.7. The van der Waals surface area contributed by atoms with E-state index in [1.54, 1.807) is 6.21 Å². The number of anilines is 2. The molecule has 2 aromatic carbocycles. The van der Waals surface area contributed by atoms with Gasteiger partial charge in [-0.1, -0.05) is 37.1 Å². The number of rotatable bonds is 5. The Bertz CT molecular complexity index is 1350. The number of carbonyl (C=O) groups excluding carboxylic acids is 1. The molecule has 4 aromatic rings. The van der Waals surface area contributed by atoms with E-state index in [0.29, 0.717) is 22.2 Å². The zero-order valence-electron chi connectivity index (χ0n) is 18.8. The van der Waals surface area contributed by atoms with Gasteiger partial charge in [0.2, 0.25) is 0 Å². The lowest BCUT2D eigenvalue weighted by Gasteiger charge is -2.12. The van der Waals surface area contributed by atoms with Crippen molar-refractivity contribution in [2.75, 3.05) is 24.7 Å². The van der Waals surface area contributed by atoms with Crippen LogP contribution in [0.5, 0.6) is 0 Å². The Kier molecular flexibility index (Phi) is 5.42. The summed E-state index contributed by atoms with van der Waals surface area (Å²) < 4.78 is 1.51. The molecule has 1 aliphatic carbocycles. The molecule has 0 saturated heterocycles. The Morgan fingerprint density at radius 1 is 1.09 bits per heavy atom. The van der Waals surface area contributed by atoms with Crippen LogP contribution in [0, 0.1) is 0 Å². The average Bonchev–Trinajstić information content (AvgIpc) is 3.41. The molecule has 0 bridgehead atoms. The smallest absolute Gasteiger partial charge is 0.257 e. The third-order valence-corrected chi connectivity index (χ3v) is 6.12. The monoisotopic (exact) mass is 441 g/mol. The number of nitrogens with two attached hydrogens (primary N) is 1. The number of nitrogens with one attached hydrogen (secondary N) is 1. The molecule has 0 unspecified atom stereocenters. The van der Waals surface area contributed by atoms with Crippen LogP contribution in [-0.4, -0.2) is 46.9 Å². The van der Waals surface area contributed by atoms with Crippen molar-refractivity contribution in [3.05, 3.63) is 59.7 Å². The maximum absolute atomic E-state index is 13.2. The summed E-state index contributed by atoms with van der Waals surface area (Å²) in [5.74, 6) is 0.00947. The molecule has 2 heterocycles. The molecular weight excluding hydrogens is 414 g/mol. The predicted molar refractivity (Wildman–Crippen MR) is 133 cm³/mol. The number of carbonyl (C=O) groups is 1. The standard InChI is InChI=1S/C25H27N7O/c1-31(2)18-13-11-16(12-14-18)15-27-32-23(26)21(25(33)28-17-7-3-4-8-17)22-24(32)30-20-10-6-5-9-19(20)29-22/h5-6,9-15,17H,3-4,7-8,26H2,1-2H3,(H,28,33)/b27-15-. The molecule has 1 aliphatic rings. The van der Waals surface area contributed by atoms with Gasteiger partial charge in [0, 0.05) is 25.8 Å². The Morgan fingerprint density at radius 2 is 1.76 bits per heavy atom. The van der Waals surface area contributed by atoms with Crippen molar-refractivity contribution < 1.29 is 4.79 Å². The molecule has 8 nitrogen and oxygen atoms in total. The zero-order valence-corrected chi connectivity index (χ0v) is 18.8. The molecule has 1 saturated carbocycles. The number of hydrogen-bond donors (Lipinski definition) is 2. The van der Waals surface area contributed by atoms with Gasteiger partial charge in [0.25, 0.3) is 5.91 Å². The first-order valence-corrected chi connectivity index (χ1v) is 11.2. The average molecular weight is 442 g/mol. The van der Waals surface area contributed by atoms with Crippen LogP contribution < -0.4 is 16.0 Å². The fourth-order valence-electron chi connectivity index (χ4n) is 4.30. The van der Waals surface area contributed by atoms with Crippen LogP contribution in [0.15, 0.2) is 53.6 Å².